The summed E-state index contributed by atoms with van der Waals surface area (Å²) in [5.41, 5.74) is 6.07. The van der Waals surface area contributed by atoms with Crippen LogP contribution in [0.4, 0.5) is 5.82 Å². The van der Waals surface area contributed by atoms with Crippen molar-refractivity contribution >= 4 is 23.5 Å². The van der Waals surface area contributed by atoms with Gasteiger partial charge in [0.15, 0.2) is 0 Å². The molecule has 0 aromatic carbocycles. The second-order valence-electron chi connectivity index (χ2n) is 4.34. The summed E-state index contributed by atoms with van der Waals surface area (Å²) in [5, 5.41) is 9.91. The molecule has 2 unspecified atom stereocenters. The molecule has 0 spiro atoms. The van der Waals surface area contributed by atoms with Gasteiger partial charge in [-0.3, -0.25) is 9.89 Å². The number of aromatic nitrogens is 2. The zero-order valence-corrected chi connectivity index (χ0v) is 10.7. The Morgan fingerprint density at radius 1 is 1.59 bits per heavy atom. The fourth-order valence-corrected chi connectivity index (χ4v) is 3.20. The van der Waals surface area contributed by atoms with E-state index in [-0.39, 0.29) is 11.9 Å². The van der Waals surface area contributed by atoms with Crippen molar-refractivity contribution < 1.29 is 4.79 Å². The number of H-pyrrole nitrogens is 1. The van der Waals surface area contributed by atoms with E-state index >= 15 is 0 Å². The van der Waals surface area contributed by atoms with E-state index in [1.165, 1.54) is 25.5 Å². The number of aromatic amines is 1. The first-order chi connectivity index (χ1) is 8.22. The van der Waals surface area contributed by atoms with Gasteiger partial charge in [-0.1, -0.05) is 12.8 Å². The smallest absolute Gasteiger partial charge is 0.256 e. The molecule has 0 radical (unpaired) electrons. The minimum absolute atomic E-state index is 0.123. The van der Waals surface area contributed by atoms with Gasteiger partial charge < -0.3 is 11.1 Å². The zero-order valence-electron chi connectivity index (χ0n) is 9.90. The van der Waals surface area contributed by atoms with Gasteiger partial charge in [0.25, 0.3) is 5.91 Å². The summed E-state index contributed by atoms with van der Waals surface area (Å²) < 4.78 is 0. The molecule has 1 aromatic rings. The maximum atomic E-state index is 12.0. The summed E-state index contributed by atoms with van der Waals surface area (Å²) in [6.07, 6.45) is 8.24. The van der Waals surface area contributed by atoms with Crippen LogP contribution in [-0.2, 0) is 0 Å². The van der Waals surface area contributed by atoms with Gasteiger partial charge in [-0.05, 0) is 19.1 Å². The van der Waals surface area contributed by atoms with Crippen LogP contribution in [0.1, 0.15) is 36.0 Å². The number of nitrogen functional groups attached to an aromatic ring is 1. The molecule has 1 amide bonds. The second kappa shape index (κ2) is 5.44. The van der Waals surface area contributed by atoms with Crippen LogP contribution in [0.15, 0.2) is 6.20 Å². The van der Waals surface area contributed by atoms with Gasteiger partial charge in [-0.15, -0.1) is 0 Å². The molecule has 94 valence electrons. The van der Waals surface area contributed by atoms with E-state index in [1.54, 1.807) is 0 Å². The van der Waals surface area contributed by atoms with Gasteiger partial charge >= 0.3 is 0 Å². The zero-order chi connectivity index (χ0) is 12.3. The molecule has 6 heteroatoms. The normalized spacial score (nSPS) is 24.5. The number of nitrogens with zero attached hydrogens (tertiary/aromatic N) is 1. The Morgan fingerprint density at radius 2 is 2.35 bits per heavy atom. The van der Waals surface area contributed by atoms with Crippen molar-refractivity contribution in [2.45, 2.75) is 37.0 Å². The lowest BCUT2D eigenvalue weighted by atomic mass is 9.94. The van der Waals surface area contributed by atoms with E-state index in [4.69, 9.17) is 5.73 Å². The predicted octanol–water partition coefficient (Wildman–Crippen LogP) is 1.40. The SMILES string of the molecule is CSC1CCCCC1NC(=O)c1cn[nH]c1N. The number of amides is 1. The van der Waals surface area contributed by atoms with Crippen molar-refractivity contribution in [2.75, 3.05) is 12.0 Å². The predicted molar refractivity (Wildman–Crippen MR) is 70.0 cm³/mol. The van der Waals surface area contributed by atoms with Gasteiger partial charge in [0, 0.05) is 11.3 Å². The first kappa shape index (κ1) is 12.3. The number of carbonyl (C=O) groups is 1. The van der Waals surface area contributed by atoms with Crippen molar-refractivity contribution in [3.05, 3.63) is 11.8 Å². The number of hydrogen-bond donors (Lipinski definition) is 3. The number of thioether (sulfide) groups is 1. The number of carbonyl (C=O) groups excluding carboxylic acids is 1. The Balaban J connectivity index is 2.00. The van der Waals surface area contributed by atoms with E-state index < -0.39 is 0 Å². The third kappa shape index (κ3) is 2.74. The minimum Gasteiger partial charge on any atom is -0.383 e. The number of nitrogens with one attached hydrogen (secondary N) is 2. The van der Waals surface area contributed by atoms with E-state index in [9.17, 15) is 4.79 Å². The van der Waals surface area contributed by atoms with Crippen LogP contribution in [0.5, 0.6) is 0 Å². The van der Waals surface area contributed by atoms with Crippen LogP contribution in [0.3, 0.4) is 0 Å². The highest BCUT2D eigenvalue weighted by atomic mass is 32.2. The summed E-state index contributed by atoms with van der Waals surface area (Å²) in [7, 11) is 0. The van der Waals surface area contributed by atoms with Crippen LogP contribution in [0.25, 0.3) is 0 Å². The van der Waals surface area contributed by atoms with Crippen LogP contribution in [0, 0.1) is 0 Å². The molecule has 17 heavy (non-hydrogen) atoms. The molecule has 5 nitrogen and oxygen atoms in total. The van der Waals surface area contributed by atoms with Crippen molar-refractivity contribution in [2.24, 2.45) is 0 Å². The van der Waals surface area contributed by atoms with E-state index in [2.05, 4.69) is 21.8 Å². The van der Waals surface area contributed by atoms with Crippen molar-refractivity contribution in [1.29, 1.82) is 0 Å². The summed E-state index contributed by atoms with van der Waals surface area (Å²) >= 11 is 1.83. The summed E-state index contributed by atoms with van der Waals surface area (Å²) in [6.45, 7) is 0. The molecule has 4 N–H and O–H groups in total. The van der Waals surface area contributed by atoms with E-state index in [1.807, 2.05) is 11.8 Å². The number of hydrogen-bond acceptors (Lipinski definition) is 4. The largest absolute Gasteiger partial charge is 0.383 e. The molecule has 2 atom stereocenters. The maximum Gasteiger partial charge on any atom is 0.256 e. The average Bonchev–Trinajstić information content (AvgIpc) is 2.76. The molecular formula is C11H18N4OS. The number of nitrogens with two attached hydrogens (primary N) is 1. The highest BCUT2D eigenvalue weighted by Crippen LogP contribution is 2.27. The molecular weight excluding hydrogens is 236 g/mol. The molecule has 1 saturated carbocycles. The highest BCUT2D eigenvalue weighted by molar-refractivity contribution is 7.99. The first-order valence-corrected chi connectivity index (χ1v) is 7.13. The lowest BCUT2D eigenvalue weighted by molar-refractivity contribution is 0.0930. The molecule has 0 aliphatic heterocycles. The lowest BCUT2D eigenvalue weighted by Crippen LogP contribution is -2.43. The first-order valence-electron chi connectivity index (χ1n) is 5.85. The molecule has 1 heterocycles. The van der Waals surface area contributed by atoms with Gasteiger partial charge in [0.05, 0.1) is 6.20 Å². The molecule has 0 bridgehead atoms. The fraction of sp³-hybridized carbons (Fsp3) is 0.636. The Hall–Kier alpha value is -1.17. The summed E-state index contributed by atoms with van der Waals surface area (Å²) in [4.78, 5) is 12.0. The third-order valence-corrected chi connectivity index (χ3v) is 4.40. The van der Waals surface area contributed by atoms with E-state index in [0.29, 0.717) is 16.6 Å². The maximum absolute atomic E-state index is 12.0. The number of anilines is 1. The standard InChI is InChI=1S/C11H18N4OS/c1-17-9-5-3-2-4-8(9)14-11(16)7-6-13-15-10(7)12/h6,8-9H,2-5H2,1H3,(H,14,16)(H3,12,13,15). The minimum atomic E-state index is -0.123. The van der Waals surface area contributed by atoms with E-state index in [0.717, 1.165) is 6.42 Å². The Morgan fingerprint density at radius 3 is 3.00 bits per heavy atom. The molecule has 0 saturated heterocycles. The molecule has 1 aliphatic rings. The van der Waals surface area contributed by atoms with Gasteiger partial charge in [0.2, 0.25) is 0 Å². The Labute approximate surface area is 105 Å². The molecule has 1 aliphatic carbocycles. The second-order valence-corrected chi connectivity index (χ2v) is 5.41. The van der Waals surface area contributed by atoms with Gasteiger partial charge in [-0.2, -0.15) is 16.9 Å². The molecule has 1 fully saturated rings. The van der Waals surface area contributed by atoms with Crippen molar-refractivity contribution in [3.63, 3.8) is 0 Å². The fourth-order valence-electron chi connectivity index (χ4n) is 2.27. The summed E-state index contributed by atoms with van der Waals surface area (Å²) in [5.74, 6) is 0.209. The monoisotopic (exact) mass is 254 g/mol. The van der Waals surface area contributed by atoms with Crippen molar-refractivity contribution in [3.8, 4) is 0 Å². The number of rotatable bonds is 3. The van der Waals surface area contributed by atoms with Crippen LogP contribution >= 0.6 is 11.8 Å². The third-order valence-electron chi connectivity index (χ3n) is 3.24. The van der Waals surface area contributed by atoms with Gasteiger partial charge in [-0.25, -0.2) is 0 Å². The van der Waals surface area contributed by atoms with Crippen LogP contribution < -0.4 is 11.1 Å². The van der Waals surface area contributed by atoms with Crippen LogP contribution in [-0.4, -0.2) is 33.7 Å². The quantitative estimate of drug-likeness (QED) is 0.761. The van der Waals surface area contributed by atoms with Gasteiger partial charge in [0.1, 0.15) is 11.4 Å². The average molecular weight is 254 g/mol. The highest BCUT2D eigenvalue weighted by Gasteiger charge is 2.26. The lowest BCUT2D eigenvalue weighted by Gasteiger charge is -2.30. The Kier molecular flexibility index (Phi) is 3.93. The Bertz CT molecular complexity index is 393. The molecule has 1 aromatic heterocycles. The van der Waals surface area contributed by atoms with Crippen LogP contribution in [0.2, 0.25) is 0 Å². The van der Waals surface area contributed by atoms with Crippen molar-refractivity contribution in [1.82, 2.24) is 15.5 Å². The topological polar surface area (TPSA) is 83.8 Å². The summed E-state index contributed by atoms with van der Waals surface area (Å²) in [6, 6.07) is 0.251. The molecule has 2 rings (SSSR count).